The monoisotopic (exact) mass is 519 g/mol. The lowest BCUT2D eigenvalue weighted by Crippen LogP contribution is -2.36. The summed E-state index contributed by atoms with van der Waals surface area (Å²) in [7, 11) is 1.64. The number of ether oxygens (including phenoxy) is 1. The number of benzene rings is 2. The number of piperidine rings is 1. The Kier molecular flexibility index (Phi) is 10.1. The summed E-state index contributed by atoms with van der Waals surface area (Å²) in [4.78, 5) is 33.8. The third kappa shape index (κ3) is 7.09. The van der Waals surface area contributed by atoms with Crippen LogP contribution < -0.4 is 14.5 Å². The first kappa shape index (κ1) is 28.0. The molecule has 1 saturated heterocycles. The van der Waals surface area contributed by atoms with Crippen molar-refractivity contribution in [2.45, 2.75) is 78.2 Å². The van der Waals surface area contributed by atoms with Crippen LogP contribution in [0.4, 0.5) is 11.4 Å². The highest BCUT2D eigenvalue weighted by atomic mass is 16.5. The SMILES string of the molecule is COc1ccc(N2CCCCC2)cc1C(=O)N1CCCCCCCN(C(=O)CC(C)C)c2ccccc2C1. The third-order valence-corrected chi connectivity index (χ3v) is 7.76. The summed E-state index contributed by atoms with van der Waals surface area (Å²) in [6.45, 7) is 8.11. The third-order valence-electron chi connectivity index (χ3n) is 7.76. The maximum absolute atomic E-state index is 14.1. The Labute approximate surface area is 228 Å². The summed E-state index contributed by atoms with van der Waals surface area (Å²) in [5.41, 5.74) is 3.66. The summed E-state index contributed by atoms with van der Waals surface area (Å²) in [5, 5.41) is 0. The number of para-hydroxylation sites is 1. The second-order valence-electron chi connectivity index (χ2n) is 11.2. The fourth-order valence-electron chi connectivity index (χ4n) is 5.69. The molecule has 2 aromatic carbocycles. The van der Waals surface area contributed by atoms with E-state index in [2.05, 4.69) is 30.9 Å². The van der Waals surface area contributed by atoms with Crippen molar-refractivity contribution >= 4 is 23.2 Å². The first-order valence-corrected chi connectivity index (χ1v) is 14.6. The number of nitrogens with zero attached hydrogens (tertiary/aromatic N) is 3. The molecule has 0 unspecified atom stereocenters. The fraction of sp³-hybridized carbons (Fsp3) is 0.562. The highest BCUT2D eigenvalue weighted by molar-refractivity contribution is 5.98. The second-order valence-corrected chi connectivity index (χ2v) is 11.2. The molecule has 2 heterocycles. The lowest BCUT2D eigenvalue weighted by Gasteiger charge is -2.31. The Balaban J connectivity index is 1.67. The number of carbonyl (C=O) groups excluding carboxylic acids is 2. The van der Waals surface area contributed by atoms with Crippen LogP contribution in [-0.2, 0) is 11.3 Å². The smallest absolute Gasteiger partial charge is 0.257 e. The normalized spacial score (nSPS) is 17.4. The zero-order valence-electron chi connectivity index (χ0n) is 23.6. The molecule has 0 aliphatic carbocycles. The largest absolute Gasteiger partial charge is 0.496 e. The Morgan fingerprint density at radius 2 is 1.50 bits per heavy atom. The lowest BCUT2D eigenvalue weighted by atomic mass is 10.0. The maximum atomic E-state index is 14.1. The van der Waals surface area contributed by atoms with Gasteiger partial charge in [0.2, 0.25) is 5.91 Å². The minimum absolute atomic E-state index is 0.00683. The zero-order chi connectivity index (χ0) is 26.9. The number of carbonyl (C=O) groups is 2. The molecular weight excluding hydrogens is 474 g/mol. The molecule has 4 rings (SSSR count). The van der Waals surface area contributed by atoms with Crippen molar-refractivity contribution < 1.29 is 14.3 Å². The van der Waals surface area contributed by atoms with Crippen molar-refractivity contribution in [1.82, 2.24) is 4.90 Å². The molecule has 0 spiro atoms. The van der Waals surface area contributed by atoms with Gasteiger partial charge in [-0.15, -0.1) is 0 Å². The van der Waals surface area contributed by atoms with Gasteiger partial charge in [-0.1, -0.05) is 51.3 Å². The van der Waals surface area contributed by atoms with Crippen LogP contribution >= 0.6 is 0 Å². The van der Waals surface area contributed by atoms with Crippen molar-refractivity contribution in [2.24, 2.45) is 5.92 Å². The first-order valence-electron chi connectivity index (χ1n) is 14.6. The van der Waals surface area contributed by atoms with Crippen molar-refractivity contribution in [2.75, 3.05) is 43.1 Å². The van der Waals surface area contributed by atoms with E-state index in [0.29, 0.717) is 36.7 Å². The van der Waals surface area contributed by atoms with Gasteiger partial charge < -0.3 is 19.4 Å². The molecule has 0 atom stereocenters. The van der Waals surface area contributed by atoms with Crippen LogP contribution in [0.5, 0.6) is 5.75 Å². The predicted octanol–water partition coefficient (Wildman–Crippen LogP) is 6.67. The molecular formula is C32H45N3O3. The van der Waals surface area contributed by atoms with Gasteiger partial charge in [-0.3, -0.25) is 9.59 Å². The van der Waals surface area contributed by atoms with Crippen LogP contribution in [0.3, 0.4) is 0 Å². The lowest BCUT2D eigenvalue weighted by molar-refractivity contribution is -0.119. The molecule has 2 amide bonds. The standard InChI is InChI=1S/C32H45N3O3/c1-25(2)22-31(36)35-21-13-6-4-5-10-20-34(24-26-14-8-9-15-29(26)35)32(37)28-23-27(16-17-30(28)38-3)33-18-11-7-12-19-33/h8-9,14-17,23,25H,4-7,10-13,18-22,24H2,1-3H3. The molecule has 2 aliphatic heterocycles. The van der Waals surface area contributed by atoms with Gasteiger partial charge in [-0.05, 0) is 67.9 Å². The van der Waals surface area contributed by atoms with E-state index in [9.17, 15) is 9.59 Å². The summed E-state index contributed by atoms with van der Waals surface area (Å²) in [6, 6.07) is 14.2. The van der Waals surface area contributed by atoms with E-state index < -0.39 is 0 Å². The highest BCUT2D eigenvalue weighted by Crippen LogP contribution is 2.30. The number of amides is 2. The van der Waals surface area contributed by atoms with Crippen LogP contribution in [0.15, 0.2) is 42.5 Å². The van der Waals surface area contributed by atoms with Crippen LogP contribution in [0.1, 0.15) is 87.6 Å². The van der Waals surface area contributed by atoms with Crippen LogP contribution in [0.2, 0.25) is 0 Å². The van der Waals surface area contributed by atoms with Gasteiger partial charge in [-0.2, -0.15) is 0 Å². The van der Waals surface area contributed by atoms with Crippen molar-refractivity contribution in [3.8, 4) is 5.75 Å². The minimum Gasteiger partial charge on any atom is -0.496 e. The summed E-state index contributed by atoms with van der Waals surface area (Å²) in [6.07, 6.45) is 9.42. The minimum atomic E-state index is -0.00683. The molecule has 0 saturated carbocycles. The van der Waals surface area contributed by atoms with Gasteiger partial charge in [0, 0.05) is 50.5 Å². The highest BCUT2D eigenvalue weighted by Gasteiger charge is 2.25. The maximum Gasteiger partial charge on any atom is 0.257 e. The van der Waals surface area contributed by atoms with Gasteiger partial charge in [0.15, 0.2) is 0 Å². The Morgan fingerprint density at radius 1 is 0.842 bits per heavy atom. The van der Waals surface area contributed by atoms with E-state index in [4.69, 9.17) is 4.74 Å². The van der Waals surface area contributed by atoms with Crippen molar-refractivity contribution in [3.05, 3.63) is 53.6 Å². The number of rotatable bonds is 5. The molecule has 0 bridgehead atoms. The molecule has 1 fully saturated rings. The van der Waals surface area contributed by atoms with E-state index in [1.54, 1.807) is 7.11 Å². The van der Waals surface area contributed by atoms with E-state index in [0.717, 1.165) is 68.7 Å². The van der Waals surface area contributed by atoms with Gasteiger partial charge in [-0.25, -0.2) is 0 Å². The number of methoxy groups -OCH3 is 1. The summed E-state index contributed by atoms with van der Waals surface area (Å²) >= 11 is 0. The van der Waals surface area contributed by atoms with E-state index in [1.165, 1.54) is 19.3 Å². The van der Waals surface area contributed by atoms with Gasteiger partial charge >= 0.3 is 0 Å². The Morgan fingerprint density at radius 3 is 2.24 bits per heavy atom. The van der Waals surface area contributed by atoms with Crippen LogP contribution in [-0.4, -0.2) is 50.0 Å². The molecule has 206 valence electrons. The van der Waals surface area contributed by atoms with Gasteiger partial charge in [0.1, 0.15) is 5.75 Å². The topological polar surface area (TPSA) is 53.1 Å². The molecule has 2 aromatic rings. The number of fused-ring (bicyclic) bond motifs is 1. The molecule has 0 aromatic heterocycles. The molecule has 6 heteroatoms. The number of hydrogen-bond donors (Lipinski definition) is 0. The van der Waals surface area contributed by atoms with Gasteiger partial charge in [0.25, 0.3) is 5.91 Å². The molecule has 38 heavy (non-hydrogen) atoms. The van der Waals surface area contributed by atoms with E-state index in [1.807, 2.05) is 40.1 Å². The summed E-state index contributed by atoms with van der Waals surface area (Å²) < 4.78 is 5.67. The van der Waals surface area contributed by atoms with Crippen molar-refractivity contribution in [3.63, 3.8) is 0 Å². The van der Waals surface area contributed by atoms with E-state index >= 15 is 0 Å². The second kappa shape index (κ2) is 13.7. The molecule has 6 nitrogen and oxygen atoms in total. The molecule has 0 radical (unpaired) electrons. The van der Waals surface area contributed by atoms with Gasteiger partial charge in [0.05, 0.1) is 12.7 Å². The quantitative estimate of drug-likeness (QED) is 0.443. The summed E-state index contributed by atoms with van der Waals surface area (Å²) in [5.74, 6) is 1.07. The van der Waals surface area contributed by atoms with Crippen LogP contribution in [0, 0.1) is 5.92 Å². The fourth-order valence-corrected chi connectivity index (χ4v) is 5.69. The number of anilines is 2. The average molecular weight is 520 g/mol. The number of hydrogen-bond acceptors (Lipinski definition) is 4. The molecule has 0 N–H and O–H groups in total. The van der Waals surface area contributed by atoms with E-state index in [-0.39, 0.29) is 11.8 Å². The first-order chi connectivity index (χ1) is 18.5. The van der Waals surface area contributed by atoms with Crippen molar-refractivity contribution in [1.29, 1.82) is 0 Å². The average Bonchev–Trinajstić information content (AvgIpc) is 2.92. The van der Waals surface area contributed by atoms with Crippen LogP contribution in [0.25, 0.3) is 0 Å². The Bertz CT molecular complexity index is 1080. The Hall–Kier alpha value is -3.02. The zero-order valence-corrected chi connectivity index (χ0v) is 23.6. The predicted molar refractivity (Wildman–Crippen MR) is 155 cm³/mol. The molecule has 2 aliphatic rings.